The molecule has 0 fully saturated rings. The van der Waals surface area contributed by atoms with E-state index in [0.29, 0.717) is 6.61 Å². The summed E-state index contributed by atoms with van der Waals surface area (Å²) in [6, 6.07) is 8.69. The van der Waals surface area contributed by atoms with Crippen molar-refractivity contribution in [2.45, 2.75) is 33.3 Å². The molecule has 0 spiro atoms. The average Bonchev–Trinajstić information content (AvgIpc) is 2.36. The van der Waals surface area contributed by atoms with Gasteiger partial charge in [0, 0.05) is 0 Å². The molecule has 0 aliphatic heterocycles. The van der Waals surface area contributed by atoms with E-state index in [4.69, 9.17) is 4.74 Å². The lowest BCUT2D eigenvalue weighted by atomic mass is 10.1. The second kappa shape index (κ2) is 8.90. The van der Waals surface area contributed by atoms with Crippen molar-refractivity contribution in [3.05, 3.63) is 47.5 Å². The van der Waals surface area contributed by atoms with E-state index >= 15 is 0 Å². The van der Waals surface area contributed by atoms with Crippen LogP contribution in [0.4, 0.5) is 0 Å². The molecule has 0 atom stereocenters. The fourth-order valence-corrected chi connectivity index (χ4v) is 1.65. The summed E-state index contributed by atoms with van der Waals surface area (Å²) < 4.78 is 5.60. The summed E-state index contributed by atoms with van der Waals surface area (Å²) in [5, 5.41) is 3.33. The van der Waals surface area contributed by atoms with E-state index in [-0.39, 0.29) is 0 Å². The van der Waals surface area contributed by atoms with Gasteiger partial charge in [0.05, 0.1) is 13.2 Å². The molecule has 2 heteroatoms. The van der Waals surface area contributed by atoms with Crippen LogP contribution in [0.2, 0.25) is 0 Å². The van der Waals surface area contributed by atoms with Crippen LogP contribution in [0, 0.1) is 0 Å². The zero-order chi connectivity index (χ0) is 13.2. The van der Waals surface area contributed by atoms with Crippen LogP contribution in [-0.2, 0) is 17.8 Å². The summed E-state index contributed by atoms with van der Waals surface area (Å²) in [7, 11) is 0. The number of hydrogen-bond donors (Lipinski definition) is 1. The Morgan fingerprint density at radius 1 is 1.22 bits per heavy atom. The largest absolute Gasteiger partial charge is 0.376 e. The number of benzene rings is 1. The van der Waals surface area contributed by atoms with Gasteiger partial charge in [0.15, 0.2) is 0 Å². The molecule has 0 aromatic heterocycles. The van der Waals surface area contributed by atoms with Gasteiger partial charge >= 0.3 is 0 Å². The SMILES string of the molecule is C=C(C)CCOCc1ccc(CCNCC)cc1. The maximum absolute atomic E-state index is 5.60. The van der Waals surface area contributed by atoms with E-state index in [2.05, 4.69) is 43.1 Å². The lowest BCUT2D eigenvalue weighted by Gasteiger charge is -2.06. The molecule has 0 amide bonds. The monoisotopic (exact) mass is 247 g/mol. The molecule has 0 unspecified atom stereocenters. The molecule has 0 saturated carbocycles. The minimum atomic E-state index is 0.695. The van der Waals surface area contributed by atoms with E-state index < -0.39 is 0 Å². The molecule has 0 heterocycles. The highest BCUT2D eigenvalue weighted by Crippen LogP contribution is 2.07. The van der Waals surface area contributed by atoms with E-state index in [1.807, 2.05) is 6.92 Å². The predicted molar refractivity (Wildman–Crippen MR) is 77.8 cm³/mol. The standard InChI is InChI=1S/C16H25NO/c1-4-17-11-9-15-5-7-16(8-6-15)13-18-12-10-14(2)3/h5-8,17H,2,4,9-13H2,1,3H3. The summed E-state index contributed by atoms with van der Waals surface area (Å²) in [6.45, 7) is 11.6. The quantitative estimate of drug-likeness (QED) is 0.534. The van der Waals surface area contributed by atoms with E-state index in [9.17, 15) is 0 Å². The van der Waals surface area contributed by atoms with Gasteiger partial charge in [0.1, 0.15) is 0 Å². The van der Waals surface area contributed by atoms with Crippen molar-refractivity contribution in [3.8, 4) is 0 Å². The van der Waals surface area contributed by atoms with Gasteiger partial charge < -0.3 is 10.1 Å². The van der Waals surface area contributed by atoms with Crippen molar-refractivity contribution in [1.29, 1.82) is 0 Å². The second-order valence-electron chi connectivity index (χ2n) is 4.68. The third-order valence-electron chi connectivity index (χ3n) is 2.81. The van der Waals surface area contributed by atoms with Gasteiger partial charge in [0.25, 0.3) is 0 Å². The average molecular weight is 247 g/mol. The van der Waals surface area contributed by atoms with Crippen LogP contribution in [0.3, 0.4) is 0 Å². The Labute approximate surface area is 111 Å². The summed E-state index contributed by atoms with van der Waals surface area (Å²) in [5.74, 6) is 0. The first kappa shape index (κ1) is 14.9. The van der Waals surface area contributed by atoms with Gasteiger partial charge in [-0.1, -0.05) is 36.8 Å². The van der Waals surface area contributed by atoms with Gasteiger partial charge in [-0.3, -0.25) is 0 Å². The lowest BCUT2D eigenvalue weighted by Crippen LogP contribution is -2.15. The van der Waals surface area contributed by atoms with Crippen molar-refractivity contribution in [2.75, 3.05) is 19.7 Å². The second-order valence-corrected chi connectivity index (χ2v) is 4.68. The number of nitrogens with one attached hydrogen (secondary N) is 1. The van der Waals surface area contributed by atoms with Crippen molar-refractivity contribution < 1.29 is 4.74 Å². The van der Waals surface area contributed by atoms with Crippen LogP contribution in [0.15, 0.2) is 36.4 Å². The normalized spacial score (nSPS) is 10.6. The number of likely N-dealkylation sites (N-methyl/N-ethyl adjacent to an activating group) is 1. The van der Waals surface area contributed by atoms with Crippen LogP contribution in [0.5, 0.6) is 0 Å². The Morgan fingerprint density at radius 3 is 2.50 bits per heavy atom. The lowest BCUT2D eigenvalue weighted by molar-refractivity contribution is 0.124. The van der Waals surface area contributed by atoms with Gasteiger partial charge in [0.2, 0.25) is 0 Å². The van der Waals surface area contributed by atoms with Crippen molar-refractivity contribution in [2.24, 2.45) is 0 Å². The fraction of sp³-hybridized carbons (Fsp3) is 0.500. The highest BCUT2D eigenvalue weighted by atomic mass is 16.5. The molecule has 0 bridgehead atoms. The molecule has 1 rings (SSSR count). The number of ether oxygens (including phenoxy) is 1. The van der Waals surface area contributed by atoms with Gasteiger partial charge in [-0.25, -0.2) is 0 Å². The van der Waals surface area contributed by atoms with Crippen LogP contribution in [0.1, 0.15) is 31.4 Å². The Hall–Kier alpha value is -1.12. The molecule has 1 aromatic rings. The van der Waals surface area contributed by atoms with Gasteiger partial charge in [-0.05, 0) is 44.0 Å². The summed E-state index contributed by atoms with van der Waals surface area (Å²) >= 11 is 0. The predicted octanol–water partition coefficient (Wildman–Crippen LogP) is 3.32. The molecule has 0 aliphatic rings. The van der Waals surface area contributed by atoms with E-state index in [1.165, 1.54) is 16.7 Å². The Bertz CT molecular complexity index is 343. The Morgan fingerprint density at radius 2 is 1.89 bits per heavy atom. The fourth-order valence-electron chi connectivity index (χ4n) is 1.65. The summed E-state index contributed by atoms with van der Waals surface area (Å²) in [4.78, 5) is 0. The smallest absolute Gasteiger partial charge is 0.0717 e. The molecule has 1 N–H and O–H groups in total. The van der Waals surface area contributed by atoms with E-state index in [0.717, 1.165) is 32.5 Å². The first-order chi connectivity index (χ1) is 8.72. The highest BCUT2D eigenvalue weighted by Gasteiger charge is 1.96. The van der Waals surface area contributed by atoms with Crippen molar-refractivity contribution in [3.63, 3.8) is 0 Å². The summed E-state index contributed by atoms with van der Waals surface area (Å²) in [5.41, 5.74) is 3.79. The molecular formula is C16H25NO. The minimum absolute atomic E-state index is 0.695. The Balaban J connectivity index is 2.25. The van der Waals surface area contributed by atoms with Gasteiger partial charge in [-0.2, -0.15) is 0 Å². The van der Waals surface area contributed by atoms with Gasteiger partial charge in [-0.15, -0.1) is 6.58 Å². The highest BCUT2D eigenvalue weighted by molar-refractivity contribution is 5.22. The zero-order valence-electron chi connectivity index (χ0n) is 11.7. The zero-order valence-corrected chi connectivity index (χ0v) is 11.7. The molecular weight excluding hydrogens is 222 g/mol. The first-order valence-electron chi connectivity index (χ1n) is 6.73. The van der Waals surface area contributed by atoms with Crippen molar-refractivity contribution in [1.82, 2.24) is 5.32 Å². The maximum Gasteiger partial charge on any atom is 0.0717 e. The summed E-state index contributed by atoms with van der Waals surface area (Å²) in [6.07, 6.45) is 2.03. The molecule has 100 valence electrons. The molecule has 0 radical (unpaired) electrons. The van der Waals surface area contributed by atoms with Crippen LogP contribution in [-0.4, -0.2) is 19.7 Å². The Kier molecular flexibility index (Phi) is 7.38. The minimum Gasteiger partial charge on any atom is -0.376 e. The molecule has 2 nitrogen and oxygen atoms in total. The van der Waals surface area contributed by atoms with Crippen LogP contribution in [0.25, 0.3) is 0 Å². The molecule has 1 aromatic carbocycles. The molecule has 0 saturated heterocycles. The number of hydrogen-bond acceptors (Lipinski definition) is 2. The third kappa shape index (κ3) is 6.58. The topological polar surface area (TPSA) is 21.3 Å². The third-order valence-corrected chi connectivity index (χ3v) is 2.81. The maximum atomic E-state index is 5.60. The number of rotatable bonds is 9. The van der Waals surface area contributed by atoms with Crippen LogP contribution >= 0.6 is 0 Å². The van der Waals surface area contributed by atoms with E-state index in [1.54, 1.807) is 0 Å². The van der Waals surface area contributed by atoms with Crippen LogP contribution < -0.4 is 5.32 Å². The first-order valence-corrected chi connectivity index (χ1v) is 6.73. The molecule has 18 heavy (non-hydrogen) atoms. The molecule has 0 aliphatic carbocycles. The van der Waals surface area contributed by atoms with Crippen molar-refractivity contribution >= 4 is 0 Å².